The smallest absolute Gasteiger partial charge is 0.234 e. The first-order valence-electron chi connectivity index (χ1n) is 8.57. The monoisotopic (exact) mass is 326 g/mol. The second-order valence-electron chi connectivity index (χ2n) is 7.14. The molecule has 2 aromatic rings. The highest BCUT2D eigenvalue weighted by molar-refractivity contribution is 5.87. The highest BCUT2D eigenvalue weighted by Gasteiger charge is 2.31. The van der Waals surface area contributed by atoms with Gasteiger partial charge in [0, 0.05) is 12.1 Å². The van der Waals surface area contributed by atoms with Gasteiger partial charge in [-0.15, -0.1) is 0 Å². The zero-order valence-corrected chi connectivity index (χ0v) is 14.7. The Morgan fingerprint density at radius 2 is 2.00 bits per heavy atom. The Hall–Kier alpha value is -1.91. The van der Waals surface area contributed by atoms with E-state index in [1.54, 1.807) is 0 Å². The molecule has 1 saturated heterocycles. The third-order valence-corrected chi connectivity index (χ3v) is 4.82. The first kappa shape index (κ1) is 16.9. The minimum atomic E-state index is -0.0989. The van der Waals surface area contributed by atoms with E-state index in [1.807, 2.05) is 25.1 Å². The molecule has 3 rings (SSSR count). The fourth-order valence-electron chi connectivity index (χ4n) is 3.35. The number of carbonyl (C=O) groups excluding carboxylic acids is 1. The Morgan fingerprint density at radius 3 is 2.79 bits per heavy atom. The fraction of sp³-hybridized carbons (Fsp3) is 0.450. The van der Waals surface area contributed by atoms with Crippen molar-refractivity contribution in [3.63, 3.8) is 0 Å². The molecule has 128 valence electrons. The molecule has 1 N–H and O–H groups in total. The van der Waals surface area contributed by atoms with E-state index < -0.39 is 0 Å². The summed E-state index contributed by atoms with van der Waals surface area (Å²) in [4.78, 5) is 14.7. The van der Waals surface area contributed by atoms with Crippen molar-refractivity contribution in [2.24, 2.45) is 0 Å². The van der Waals surface area contributed by atoms with Gasteiger partial charge in [-0.2, -0.15) is 0 Å². The Labute approximate surface area is 143 Å². The number of benzene rings is 2. The van der Waals surface area contributed by atoms with E-state index in [9.17, 15) is 4.79 Å². The molecule has 4 heteroatoms. The maximum Gasteiger partial charge on any atom is 0.234 e. The molecular formula is C20H26N2O2. The van der Waals surface area contributed by atoms with E-state index in [1.165, 1.54) is 10.8 Å². The molecule has 1 heterocycles. The van der Waals surface area contributed by atoms with Crippen LogP contribution in [0.2, 0.25) is 0 Å². The highest BCUT2D eigenvalue weighted by Crippen LogP contribution is 2.24. The summed E-state index contributed by atoms with van der Waals surface area (Å²) in [6.07, 6.45) is 0. The standard InChI is InChI=1S/C20H26N2O2/c1-15(17-10-6-8-16-7-4-5-9-18(16)17)21-19(23)13-22-11-12-24-14-20(22,2)3/h4-10,15H,11-14H2,1-3H3,(H,21,23). The van der Waals surface area contributed by atoms with Gasteiger partial charge in [0.15, 0.2) is 0 Å². The van der Waals surface area contributed by atoms with Crippen LogP contribution in [0.3, 0.4) is 0 Å². The predicted octanol–water partition coefficient (Wildman–Crippen LogP) is 3.13. The first-order valence-corrected chi connectivity index (χ1v) is 8.57. The Morgan fingerprint density at radius 1 is 1.25 bits per heavy atom. The molecule has 0 bridgehead atoms. The van der Waals surface area contributed by atoms with Gasteiger partial charge in [0.25, 0.3) is 0 Å². The van der Waals surface area contributed by atoms with Crippen LogP contribution in [-0.2, 0) is 9.53 Å². The number of fused-ring (bicyclic) bond motifs is 1. The van der Waals surface area contributed by atoms with Crippen molar-refractivity contribution in [1.82, 2.24) is 10.2 Å². The molecule has 4 nitrogen and oxygen atoms in total. The van der Waals surface area contributed by atoms with Crippen molar-refractivity contribution < 1.29 is 9.53 Å². The van der Waals surface area contributed by atoms with E-state index in [2.05, 4.69) is 48.3 Å². The van der Waals surface area contributed by atoms with Crippen molar-refractivity contribution in [3.8, 4) is 0 Å². The molecule has 1 aliphatic rings. The van der Waals surface area contributed by atoms with Crippen LogP contribution in [0, 0.1) is 0 Å². The molecule has 1 atom stereocenters. The van der Waals surface area contributed by atoms with Crippen LogP contribution in [0.4, 0.5) is 0 Å². The number of rotatable bonds is 4. The van der Waals surface area contributed by atoms with Crippen LogP contribution in [0.5, 0.6) is 0 Å². The molecule has 0 aliphatic carbocycles. The normalized spacial score (nSPS) is 19.1. The van der Waals surface area contributed by atoms with Crippen LogP contribution in [-0.4, -0.2) is 42.6 Å². The fourth-order valence-corrected chi connectivity index (χ4v) is 3.35. The van der Waals surface area contributed by atoms with Crippen LogP contribution in [0.1, 0.15) is 32.4 Å². The maximum absolute atomic E-state index is 12.5. The zero-order chi connectivity index (χ0) is 17.2. The topological polar surface area (TPSA) is 41.6 Å². The summed E-state index contributed by atoms with van der Waals surface area (Å²) in [5, 5.41) is 5.55. The van der Waals surface area contributed by atoms with Gasteiger partial charge in [-0.1, -0.05) is 42.5 Å². The number of nitrogens with zero attached hydrogens (tertiary/aromatic N) is 1. The molecule has 1 fully saturated rings. The van der Waals surface area contributed by atoms with E-state index >= 15 is 0 Å². The average molecular weight is 326 g/mol. The largest absolute Gasteiger partial charge is 0.378 e. The summed E-state index contributed by atoms with van der Waals surface area (Å²) in [7, 11) is 0. The molecule has 0 spiro atoms. The van der Waals surface area contributed by atoms with Crippen molar-refractivity contribution in [2.75, 3.05) is 26.3 Å². The van der Waals surface area contributed by atoms with Crippen LogP contribution < -0.4 is 5.32 Å². The molecule has 2 aromatic carbocycles. The summed E-state index contributed by atoms with van der Waals surface area (Å²) in [5.74, 6) is 0.0606. The summed E-state index contributed by atoms with van der Waals surface area (Å²) in [5.41, 5.74) is 1.06. The second kappa shape index (κ2) is 6.91. The lowest BCUT2D eigenvalue weighted by molar-refractivity contribution is -0.127. The molecule has 24 heavy (non-hydrogen) atoms. The number of carbonyl (C=O) groups is 1. The van der Waals surface area contributed by atoms with Crippen LogP contribution in [0.15, 0.2) is 42.5 Å². The molecule has 0 radical (unpaired) electrons. The molecule has 0 saturated carbocycles. The Kier molecular flexibility index (Phi) is 4.88. The molecular weight excluding hydrogens is 300 g/mol. The third-order valence-electron chi connectivity index (χ3n) is 4.82. The van der Waals surface area contributed by atoms with Crippen molar-refractivity contribution in [2.45, 2.75) is 32.4 Å². The van der Waals surface area contributed by atoms with Gasteiger partial charge in [-0.3, -0.25) is 9.69 Å². The maximum atomic E-state index is 12.5. The van der Waals surface area contributed by atoms with Crippen molar-refractivity contribution in [1.29, 1.82) is 0 Å². The Balaban J connectivity index is 1.69. The van der Waals surface area contributed by atoms with Crippen molar-refractivity contribution in [3.05, 3.63) is 48.0 Å². The van der Waals surface area contributed by atoms with Crippen LogP contribution in [0.25, 0.3) is 10.8 Å². The molecule has 1 unspecified atom stereocenters. The summed E-state index contributed by atoms with van der Waals surface area (Å²) in [6, 6.07) is 14.5. The van der Waals surface area contributed by atoms with Crippen LogP contribution >= 0.6 is 0 Å². The van der Waals surface area contributed by atoms with Gasteiger partial charge < -0.3 is 10.1 Å². The van der Waals surface area contributed by atoms with Gasteiger partial charge in [0.1, 0.15) is 0 Å². The van der Waals surface area contributed by atoms with E-state index in [4.69, 9.17) is 4.74 Å². The number of hydrogen-bond acceptors (Lipinski definition) is 3. The average Bonchev–Trinajstić information content (AvgIpc) is 2.56. The quantitative estimate of drug-likeness (QED) is 0.938. The predicted molar refractivity (Wildman–Crippen MR) is 97.0 cm³/mol. The van der Waals surface area contributed by atoms with Gasteiger partial charge in [0.2, 0.25) is 5.91 Å². The Bertz CT molecular complexity index is 721. The molecule has 1 aliphatic heterocycles. The zero-order valence-electron chi connectivity index (χ0n) is 14.7. The lowest BCUT2D eigenvalue weighted by Gasteiger charge is -2.41. The summed E-state index contributed by atoms with van der Waals surface area (Å²) < 4.78 is 5.52. The first-order chi connectivity index (χ1) is 11.5. The number of amides is 1. The second-order valence-corrected chi connectivity index (χ2v) is 7.14. The molecule has 0 aromatic heterocycles. The lowest BCUT2D eigenvalue weighted by Crippen LogP contribution is -2.55. The summed E-state index contributed by atoms with van der Waals surface area (Å²) >= 11 is 0. The molecule has 1 amide bonds. The minimum absolute atomic E-state index is 0.0206. The van der Waals surface area contributed by atoms with Gasteiger partial charge in [-0.25, -0.2) is 0 Å². The number of morpholine rings is 1. The number of nitrogens with one attached hydrogen (secondary N) is 1. The van der Waals surface area contributed by atoms with E-state index in [-0.39, 0.29) is 17.5 Å². The lowest BCUT2D eigenvalue weighted by atomic mass is 9.99. The highest BCUT2D eigenvalue weighted by atomic mass is 16.5. The van der Waals surface area contributed by atoms with E-state index in [0.717, 1.165) is 12.1 Å². The third kappa shape index (κ3) is 3.60. The number of ether oxygens (including phenoxy) is 1. The summed E-state index contributed by atoms with van der Waals surface area (Å²) in [6.45, 7) is 8.84. The van der Waals surface area contributed by atoms with Gasteiger partial charge in [0.05, 0.1) is 25.8 Å². The SMILES string of the molecule is CC(NC(=O)CN1CCOCC1(C)C)c1cccc2ccccc12. The number of hydrogen-bond donors (Lipinski definition) is 1. The van der Waals surface area contributed by atoms with Crippen molar-refractivity contribution >= 4 is 16.7 Å². The van der Waals surface area contributed by atoms with E-state index in [0.29, 0.717) is 19.8 Å². The minimum Gasteiger partial charge on any atom is -0.378 e. The van der Waals surface area contributed by atoms with Gasteiger partial charge in [-0.05, 0) is 37.1 Å². The van der Waals surface area contributed by atoms with Gasteiger partial charge >= 0.3 is 0 Å².